The fraction of sp³-hybridized carbons (Fsp3) is 0.167. The molecule has 9 heteroatoms. The van der Waals surface area contributed by atoms with Crippen molar-refractivity contribution in [3.63, 3.8) is 0 Å². The quantitative estimate of drug-likeness (QED) is 0.554. The first kappa shape index (κ1) is 17.1. The Labute approximate surface area is 151 Å². The highest BCUT2D eigenvalue weighted by atomic mass is 19.3. The molecular weight excluding hydrogens is 359 g/mol. The first-order valence-electron chi connectivity index (χ1n) is 8.09. The summed E-state index contributed by atoms with van der Waals surface area (Å²) >= 11 is 0. The molecule has 0 bridgehead atoms. The Morgan fingerprint density at radius 1 is 1.22 bits per heavy atom. The molecule has 1 N–H and O–H groups in total. The number of halogens is 3. The zero-order chi connectivity index (χ0) is 19.1. The molecule has 0 unspecified atom stereocenters. The van der Waals surface area contributed by atoms with E-state index in [2.05, 4.69) is 15.3 Å². The Morgan fingerprint density at radius 2 is 2.04 bits per heavy atom. The lowest BCUT2D eigenvalue weighted by Gasteiger charge is -2.04. The molecule has 3 aromatic heterocycles. The molecule has 0 aliphatic rings. The Bertz CT molecular complexity index is 1140. The van der Waals surface area contributed by atoms with E-state index in [1.807, 2.05) is 0 Å². The second kappa shape index (κ2) is 6.42. The van der Waals surface area contributed by atoms with Crippen molar-refractivity contribution in [2.24, 2.45) is 0 Å². The first-order chi connectivity index (χ1) is 13.0. The molecular formula is C18H14F3N5O. The van der Waals surface area contributed by atoms with Gasteiger partial charge in [-0.3, -0.25) is 0 Å². The fourth-order valence-electron chi connectivity index (χ4n) is 3.05. The average Bonchev–Trinajstić information content (AvgIpc) is 3.15. The summed E-state index contributed by atoms with van der Waals surface area (Å²) in [5.41, 5.74) is 1.96. The third-order valence-electron chi connectivity index (χ3n) is 4.33. The van der Waals surface area contributed by atoms with Crippen LogP contribution in [0.15, 0.2) is 42.7 Å². The number of hydrogen-bond donors (Lipinski definition) is 1. The van der Waals surface area contributed by atoms with Crippen LogP contribution >= 0.6 is 0 Å². The highest BCUT2D eigenvalue weighted by molar-refractivity contribution is 5.91. The van der Waals surface area contributed by atoms with Gasteiger partial charge in [0.25, 0.3) is 6.43 Å². The van der Waals surface area contributed by atoms with Crippen LogP contribution < -0.4 is 0 Å². The van der Waals surface area contributed by atoms with Crippen LogP contribution in [0.1, 0.15) is 5.69 Å². The monoisotopic (exact) mass is 373 g/mol. The molecule has 4 rings (SSSR count). The van der Waals surface area contributed by atoms with E-state index in [4.69, 9.17) is 0 Å². The van der Waals surface area contributed by atoms with Crippen LogP contribution in [0.4, 0.5) is 13.2 Å². The van der Waals surface area contributed by atoms with Gasteiger partial charge in [-0.15, -0.1) is 5.10 Å². The number of nitrogens with zero attached hydrogens (tertiary/aromatic N) is 5. The van der Waals surface area contributed by atoms with Gasteiger partial charge in [0, 0.05) is 28.7 Å². The lowest BCUT2D eigenvalue weighted by Crippen LogP contribution is -2.04. The van der Waals surface area contributed by atoms with Crippen molar-refractivity contribution in [3.05, 3.63) is 54.4 Å². The lowest BCUT2D eigenvalue weighted by atomic mass is 10.1. The SMILES string of the molecule is Cc1c(-c2ccc3c(O)n(CC(F)F)cc3c2)nnn1-c1cccnc1F. The maximum absolute atomic E-state index is 13.9. The summed E-state index contributed by atoms with van der Waals surface area (Å²) in [6.07, 6.45) is 0.228. The molecule has 138 valence electrons. The Balaban J connectivity index is 1.78. The Kier molecular flexibility index (Phi) is 4.06. The minimum Gasteiger partial charge on any atom is -0.494 e. The van der Waals surface area contributed by atoms with Crippen molar-refractivity contribution in [3.8, 4) is 22.8 Å². The summed E-state index contributed by atoms with van der Waals surface area (Å²) < 4.78 is 41.7. The lowest BCUT2D eigenvalue weighted by molar-refractivity contribution is 0.123. The molecule has 0 aliphatic heterocycles. The molecule has 1 aromatic carbocycles. The number of aromatic nitrogens is 5. The highest BCUT2D eigenvalue weighted by Crippen LogP contribution is 2.32. The average molecular weight is 373 g/mol. The smallest absolute Gasteiger partial charge is 0.256 e. The number of hydrogen-bond acceptors (Lipinski definition) is 4. The molecule has 0 aliphatic carbocycles. The molecule has 0 amide bonds. The number of benzene rings is 1. The number of aromatic hydroxyl groups is 1. The molecule has 0 fully saturated rings. The molecule has 27 heavy (non-hydrogen) atoms. The second-order valence-electron chi connectivity index (χ2n) is 6.05. The van der Waals surface area contributed by atoms with E-state index in [1.54, 1.807) is 37.3 Å². The van der Waals surface area contributed by atoms with Crippen LogP contribution in [0.3, 0.4) is 0 Å². The van der Waals surface area contributed by atoms with Crippen LogP contribution in [-0.4, -0.2) is 36.1 Å². The van der Waals surface area contributed by atoms with Gasteiger partial charge < -0.3 is 9.67 Å². The molecule has 0 saturated heterocycles. The van der Waals surface area contributed by atoms with E-state index >= 15 is 0 Å². The standard InChI is InChI=1S/C18H14F3N5O/c1-10-16(23-24-26(10)14-3-2-6-22-17(14)21)11-4-5-13-12(7-11)8-25(18(13)27)9-15(19)20/h2-8,15,27H,9H2,1H3. The van der Waals surface area contributed by atoms with Crippen LogP contribution in [0, 0.1) is 12.9 Å². The van der Waals surface area contributed by atoms with Gasteiger partial charge in [-0.2, -0.15) is 4.39 Å². The van der Waals surface area contributed by atoms with Crippen molar-refractivity contribution in [2.45, 2.75) is 19.9 Å². The van der Waals surface area contributed by atoms with Crippen molar-refractivity contribution in [2.75, 3.05) is 0 Å². The van der Waals surface area contributed by atoms with E-state index in [-0.39, 0.29) is 11.6 Å². The Hall–Kier alpha value is -3.36. The minimum absolute atomic E-state index is 0.176. The minimum atomic E-state index is -2.58. The third kappa shape index (κ3) is 2.90. The maximum Gasteiger partial charge on any atom is 0.256 e. The number of pyridine rings is 1. The second-order valence-corrected chi connectivity index (χ2v) is 6.05. The number of alkyl halides is 2. The number of fused-ring (bicyclic) bond motifs is 1. The van der Waals surface area contributed by atoms with Gasteiger partial charge >= 0.3 is 0 Å². The normalized spacial score (nSPS) is 11.6. The van der Waals surface area contributed by atoms with Gasteiger partial charge in [0.1, 0.15) is 11.4 Å². The van der Waals surface area contributed by atoms with E-state index in [1.165, 1.54) is 17.1 Å². The summed E-state index contributed by atoms with van der Waals surface area (Å²) in [5.74, 6) is -0.879. The van der Waals surface area contributed by atoms with Crippen molar-refractivity contribution < 1.29 is 18.3 Å². The largest absolute Gasteiger partial charge is 0.494 e. The van der Waals surface area contributed by atoms with E-state index < -0.39 is 18.9 Å². The summed E-state index contributed by atoms with van der Waals surface area (Å²) in [5, 5.41) is 19.3. The molecule has 6 nitrogen and oxygen atoms in total. The summed E-state index contributed by atoms with van der Waals surface area (Å²) in [4.78, 5) is 3.61. The van der Waals surface area contributed by atoms with Gasteiger partial charge in [-0.05, 0) is 31.2 Å². The molecule has 4 aromatic rings. The van der Waals surface area contributed by atoms with Crippen molar-refractivity contribution in [1.29, 1.82) is 0 Å². The van der Waals surface area contributed by atoms with E-state index in [0.29, 0.717) is 27.7 Å². The van der Waals surface area contributed by atoms with Gasteiger partial charge in [0.15, 0.2) is 5.88 Å². The van der Waals surface area contributed by atoms with Crippen molar-refractivity contribution in [1.82, 2.24) is 24.5 Å². The summed E-state index contributed by atoms with van der Waals surface area (Å²) in [6, 6.07) is 8.19. The summed E-state index contributed by atoms with van der Waals surface area (Å²) in [7, 11) is 0. The molecule has 0 spiro atoms. The topological polar surface area (TPSA) is 68.8 Å². The van der Waals surface area contributed by atoms with E-state index in [0.717, 1.165) is 4.57 Å². The van der Waals surface area contributed by atoms with E-state index in [9.17, 15) is 18.3 Å². The highest BCUT2D eigenvalue weighted by Gasteiger charge is 2.17. The zero-order valence-electron chi connectivity index (χ0n) is 14.1. The van der Waals surface area contributed by atoms with Gasteiger partial charge in [-0.25, -0.2) is 18.4 Å². The Morgan fingerprint density at radius 3 is 2.78 bits per heavy atom. The third-order valence-corrected chi connectivity index (χ3v) is 4.33. The zero-order valence-corrected chi connectivity index (χ0v) is 14.1. The predicted octanol–water partition coefficient (Wildman–Crippen LogP) is 3.70. The van der Waals surface area contributed by atoms with Gasteiger partial charge in [0.2, 0.25) is 5.95 Å². The van der Waals surface area contributed by atoms with Crippen LogP contribution in [0.5, 0.6) is 5.88 Å². The van der Waals surface area contributed by atoms with Crippen LogP contribution in [-0.2, 0) is 6.54 Å². The maximum atomic E-state index is 13.9. The molecule has 0 atom stereocenters. The van der Waals surface area contributed by atoms with Crippen LogP contribution in [0.2, 0.25) is 0 Å². The number of rotatable bonds is 4. The first-order valence-corrected chi connectivity index (χ1v) is 8.09. The van der Waals surface area contributed by atoms with Crippen LogP contribution in [0.25, 0.3) is 27.7 Å². The van der Waals surface area contributed by atoms with Gasteiger partial charge in [0.05, 0.1) is 12.2 Å². The molecule has 0 radical (unpaired) electrons. The van der Waals surface area contributed by atoms with Crippen molar-refractivity contribution >= 4 is 10.8 Å². The summed E-state index contributed by atoms with van der Waals surface area (Å²) in [6.45, 7) is 1.15. The fourth-order valence-corrected chi connectivity index (χ4v) is 3.05. The van der Waals surface area contributed by atoms with Gasteiger partial charge in [-0.1, -0.05) is 11.3 Å². The molecule has 3 heterocycles. The molecule has 0 saturated carbocycles. The predicted molar refractivity (Wildman–Crippen MR) is 92.4 cm³/mol.